The summed E-state index contributed by atoms with van der Waals surface area (Å²) in [7, 11) is 1.42. The molecule has 2 aromatic heterocycles. The van der Waals surface area contributed by atoms with Crippen molar-refractivity contribution >= 4 is 28.8 Å². The van der Waals surface area contributed by atoms with Gasteiger partial charge in [-0.3, -0.25) is 9.59 Å². The highest BCUT2D eigenvalue weighted by Gasteiger charge is 2.54. The average Bonchev–Trinajstić information content (AvgIpc) is 3.37. The van der Waals surface area contributed by atoms with E-state index < -0.39 is 11.9 Å². The van der Waals surface area contributed by atoms with E-state index in [2.05, 4.69) is 9.97 Å². The summed E-state index contributed by atoms with van der Waals surface area (Å²) in [6.45, 7) is 1.60. The van der Waals surface area contributed by atoms with E-state index >= 15 is 0 Å². The molecule has 2 saturated carbocycles. The zero-order valence-electron chi connectivity index (χ0n) is 17.1. The fraction of sp³-hybridized carbons (Fsp3) is 0.524. The van der Waals surface area contributed by atoms with Crippen molar-refractivity contribution in [2.24, 2.45) is 5.41 Å². The van der Waals surface area contributed by atoms with Crippen LogP contribution in [0.15, 0.2) is 23.7 Å². The molecule has 30 heavy (non-hydrogen) atoms. The van der Waals surface area contributed by atoms with Crippen molar-refractivity contribution in [3.8, 4) is 0 Å². The molecule has 0 saturated heterocycles. The Morgan fingerprint density at radius 3 is 2.67 bits per heavy atom. The number of methoxy groups -OCH3 is 1. The van der Waals surface area contributed by atoms with Gasteiger partial charge in [-0.1, -0.05) is 12.8 Å². The predicted octanol–water partition coefficient (Wildman–Crippen LogP) is 3.75. The molecule has 2 fully saturated rings. The topological polar surface area (TPSA) is 75.6 Å². The van der Waals surface area contributed by atoms with Crippen LogP contribution in [0.2, 0.25) is 0 Å². The highest BCUT2D eigenvalue weighted by atomic mass is 32.1. The van der Waals surface area contributed by atoms with Crippen LogP contribution in [0.1, 0.15) is 54.0 Å². The van der Waals surface area contributed by atoms with Crippen LogP contribution in [0.4, 0.5) is 10.1 Å². The number of hydrazine groups is 1. The Labute approximate surface area is 178 Å². The standard InChI is InChI=1S/C21H25FN4O3S/c1-14-24-16(13-30-14)20(28)26(17-5-9-21(17)7-3-4-8-21)25(19(27)12-29-2)15-6-10-23-18(22)11-15/h6,10-11,13,17H,3-5,7-9,12H2,1-2H3. The monoisotopic (exact) mass is 432 g/mol. The maximum atomic E-state index is 14.0. The summed E-state index contributed by atoms with van der Waals surface area (Å²) < 4.78 is 19.0. The van der Waals surface area contributed by atoms with E-state index in [9.17, 15) is 14.0 Å². The minimum absolute atomic E-state index is 0.00208. The third kappa shape index (κ3) is 3.72. The Morgan fingerprint density at radius 1 is 1.33 bits per heavy atom. The van der Waals surface area contributed by atoms with Gasteiger partial charge in [0.1, 0.15) is 12.3 Å². The molecule has 4 rings (SSSR count). The molecule has 2 heterocycles. The molecule has 0 aromatic carbocycles. The van der Waals surface area contributed by atoms with Gasteiger partial charge in [0.25, 0.3) is 11.8 Å². The summed E-state index contributed by atoms with van der Waals surface area (Å²) in [5.41, 5.74) is 0.546. The molecule has 2 aliphatic rings. The molecular formula is C21H25FN4O3S. The molecule has 0 N–H and O–H groups in total. The largest absolute Gasteiger partial charge is 0.375 e. The summed E-state index contributed by atoms with van der Waals surface area (Å²) in [5.74, 6) is -1.51. The van der Waals surface area contributed by atoms with Crippen LogP contribution in [-0.2, 0) is 9.53 Å². The van der Waals surface area contributed by atoms with Gasteiger partial charge in [-0.15, -0.1) is 11.3 Å². The smallest absolute Gasteiger partial charge is 0.292 e. The maximum Gasteiger partial charge on any atom is 0.292 e. The van der Waals surface area contributed by atoms with Crippen LogP contribution in [0.5, 0.6) is 0 Å². The second-order valence-corrected chi connectivity index (χ2v) is 9.06. The van der Waals surface area contributed by atoms with Gasteiger partial charge in [0.05, 0.1) is 16.7 Å². The molecule has 2 aromatic rings. The van der Waals surface area contributed by atoms with Gasteiger partial charge >= 0.3 is 0 Å². The molecule has 0 bridgehead atoms. The number of halogens is 1. The van der Waals surface area contributed by atoms with Crippen LogP contribution in [0.3, 0.4) is 0 Å². The Morgan fingerprint density at radius 2 is 2.10 bits per heavy atom. The number of hydrogen-bond acceptors (Lipinski definition) is 6. The van der Waals surface area contributed by atoms with Crippen molar-refractivity contribution < 1.29 is 18.7 Å². The van der Waals surface area contributed by atoms with E-state index in [-0.39, 0.29) is 29.7 Å². The van der Waals surface area contributed by atoms with E-state index in [0.717, 1.165) is 43.5 Å². The zero-order chi connectivity index (χ0) is 21.3. The zero-order valence-corrected chi connectivity index (χ0v) is 18.0. The number of pyridine rings is 1. The number of thiazole rings is 1. The first-order chi connectivity index (χ1) is 14.4. The van der Waals surface area contributed by atoms with Gasteiger partial charge in [0, 0.05) is 24.8 Å². The first-order valence-electron chi connectivity index (χ1n) is 10.1. The lowest BCUT2D eigenvalue weighted by molar-refractivity contribution is -0.127. The Hall–Kier alpha value is -2.39. The van der Waals surface area contributed by atoms with Gasteiger partial charge in [-0.05, 0) is 44.1 Å². The quantitative estimate of drug-likeness (QED) is 0.531. The van der Waals surface area contributed by atoms with E-state index in [4.69, 9.17) is 4.74 Å². The Kier molecular flexibility index (Phi) is 5.84. The number of ether oxygens (including phenoxy) is 1. The van der Waals surface area contributed by atoms with Crippen molar-refractivity contribution in [2.75, 3.05) is 18.7 Å². The van der Waals surface area contributed by atoms with E-state index in [1.54, 1.807) is 5.38 Å². The summed E-state index contributed by atoms with van der Waals surface area (Å²) in [4.78, 5) is 34.7. The van der Waals surface area contributed by atoms with Crippen molar-refractivity contribution in [3.05, 3.63) is 40.4 Å². The van der Waals surface area contributed by atoms with Gasteiger partial charge < -0.3 is 4.74 Å². The predicted molar refractivity (Wildman–Crippen MR) is 111 cm³/mol. The lowest BCUT2D eigenvalue weighted by Crippen LogP contribution is -2.64. The number of carbonyl (C=O) groups is 2. The summed E-state index contributed by atoms with van der Waals surface area (Å²) in [6.07, 6.45) is 7.38. The van der Waals surface area contributed by atoms with E-state index in [0.29, 0.717) is 5.69 Å². The number of anilines is 1. The number of carbonyl (C=O) groups excluding carboxylic acids is 2. The maximum absolute atomic E-state index is 14.0. The fourth-order valence-corrected chi connectivity index (χ4v) is 5.36. The summed E-state index contributed by atoms with van der Waals surface area (Å²) in [5, 5.41) is 5.26. The number of amides is 2. The Balaban J connectivity index is 1.80. The van der Waals surface area contributed by atoms with Crippen molar-refractivity contribution in [1.82, 2.24) is 15.0 Å². The van der Waals surface area contributed by atoms with Crippen LogP contribution in [0, 0.1) is 18.3 Å². The second kappa shape index (κ2) is 8.39. The summed E-state index contributed by atoms with van der Waals surface area (Å²) >= 11 is 1.38. The van der Waals surface area contributed by atoms with E-state index in [1.165, 1.54) is 46.8 Å². The van der Waals surface area contributed by atoms with Crippen LogP contribution < -0.4 is 5.01 Å². The number of aromatic nitrogens is 2. The molecule has 2 aliphatic carbocycles. The molecule has 9 heteroatoms. The molecule has 2 amide bonds. The number of nitrogens with zero attached hydrogens (tertiary/aromatic N) is 4. The molecule has 1 atom stereocenters. The number of hydrogen-bond donors (Lipinski definition) is 0. The third-order valence-electron chi connectivity index (χ3n) is 6.24. The lowest BCUT2D eigenvalue weighted by Gasteiger charge is -2.54. The van der Waals surface area contributed by atoms with Crippen LogP contribution >= 0.6 is 11.3 Å². The third-order valence-corrected chi connectivity index (χ3v) is 7.01. The fourth-order valence-electron chi connectivity index (χ4n) is 4.77. The van der Waals surface area contributed by atoms with Gasteiger partial charge in [-0.2, -0.15) is 4.39 Å². The number of aryl methyl sites for hydroxylation is 1. The van der Waals surface area contributed by atoms with Crippen LogP contribution in [0.25, 0.3) is 0 Å². The minimum atomic E-state index is -0.719. The normalized spacial score (nSPS) is 19.5. The molecule has 7 nitrogen and oxygen atoms in total. The minimum Gasteiger partial charge on any atom is -0.375 e. The van der Waals surface area contributed by atoms with Crippen molar-refractivity contribution in [3.63, 3.8) is 0 Å². The van der Waals surface area contributed by atoms with Crippen molar-refractivity contribution in [1.29, 1.82) is 0 Å². The second-order valence-electron chi connectivity index (χ2n) is 8.00. The molecule has 1 unspecified atom stereocenters. The first kappa shape index (κ1) is 20.9. The molecule has 0 aliphatic heterocycles. The van der Waals surface area contributed by atoms with Crippen LogP contribution in [-0.4, -0.2) is 46.5 Å². The highest BCUT2D eigenvalue weighted by molar-refractivity contribution is 7.09. The van der Waals surface area contributed by atoms with E-state index in [1.807, 2.05) is 6.92 Å². The summed E-state index contributed by atoms with van der Waals surface area (Å²) in [6, 6.07) is 2.55. The van der Waals surface area contributed by atoms with Gasteiger partial charge in [0.15, 0.2) is 0 Å². The molecular weight excluding hydrogens is 407 g/mol. The van der Waals surface area contributed by atoms with Crippen molar-refractivity contribution in [2.45, 2.75) is 51.5 Å². The molecule has 0 radical (unpaired) electrons. The van der Waals surface area contributed by atoms with Gasteiger partial charge in [0.2, 0.25) is 5.95 Å². The number of rotatable bonds is 5. The SMILES string of the molecule is COCC(=O)N(c1ccnc(F)c1)N(C(=O)c1csc(C)n1)C1CCC12CCCC2. The highest BCUT2D eigenvalue weighted by Crippen LogP contribution is 2.56. The molecule has 1 spiro atoms. The lowest BCUT2D eigenvalue weighted by atomic mass is 9.63. The van der Waals surface area contributed by atoms with Gasteiger partial charge in [-0.25, -0.2) is 20.0 Å². The Bertz CT molecular complexity index is 944. The first-order valence-corrected chi connectivity index (χ1v) is 11.0. The molecule has 160 valence electrons. The average molecular weight is 433 g/mol.